The third kappa shape index (κ3) is 4.72. The zero-order chi connectivity index (χ0) is 24.0. The van der Waals surface area contributed by atoms with Gasteiger partial charge in [-0.2, -0.15) is 0 Å². The standard InChI is InChI=1S/C28H35NO5/c1-16(18-8-9-23-22(12-18)24-25(27(31)32)26(24)34-23)33-15-21(30)14-29-28(2,3)13-17-10-19-6-4-5-7-20(19)11-17/h4-9,12,16-17,21,24-26,29-30H,10-11,13-15H2,1-3H3,(H,31,32)/t16?,21-,24?,25?,26?/m1/s1. The Morgan fingerprint density at radius 3 is 2.59 bits per heavy atom. The van der Waals surface area contributed by atoms with Gasteiger partial charge in [0.1, 0.15) is 17.8 Å². The van der Waals surface area contributed by atoms with Crippen molar-refractivity contribution in [1.82, 2.24) is 5.32 Å². The molecule has 5 atom stereocenters. The monoisotopic (exact) mass is 465 g/mol. The maximum Gasteiger partial charge on any atom is 0.311 e. The van der Waals surface area contributed by atoms with Crippen molar-refractivity contribution in [2.24, 2.45) is 11.8 Å². The van der Waals surface area contributed by atoms with Crippen molar-refractivity contribution >= 4 is 5.97 Å². The lowest BCUT2D eigenvalue weighted by molar-refractivity contribution is -0.139. The topological polar surface area (TPSA) is 88.0 Å². The van der Waals surface area contributed by atoms with E-state index in [0.29, 0.717) is 12.5 Å². The number of hydrogen-bond donors (Lipinski definition) is 3. The zero-order valence-corrected chi connectivity index (χ0v) is 20.2. The molecular formula is C28H35NO5. The fourth-order valence-electron chi connectivity index (χ4n) is 5.82. The average Bonchev–Trinajstić information content (AvgIpc) is 3.17. The van der Waals surface area contributed by atoms with Crippen molar-refractivity contribution in [3.05, 3.63) is 64.7 Å². The fourth-order valence-corrected chi connectivity index (χ4v) is 5.82. The van der Waals surface area contributed by atoms with Gasteiger partial charge in [0.05, 0.1) is 18.8 Å². The van der Waals surface area contributed by atoms with Crippen LogP contribution in [-0.2, 0) is 22.4 Å². The molecule has 1 fully saturated rings. The Hall–Kier alpha value is -2.41. The van der Waals surface area contributed by atoms with Gasteiger partial charge >= 0.3 is 5.97 Å². The normalized spacial score (nSPS) is 24.6. The Morgan fingerprint density at radius 2 is 1.91 bits per heavy atom. The smallest absolute Gasteiger partial charge is 0.311 e. The third-order valence-corrected chi connectivity index (χ3v) is 7.65. The first-order valence-corrected chi connectivity index (χ1v) is 12.4. The molecule has 2 aliphatic carbocycles. The van der Waals surface area contributed by atoms with Gasteiger partial charge < -0.3 is 25.0 Å². The molecule has 1 heterocycles. The van der Waals surface area contributed by atoms with Crippen molar-refractivity contribution < 1.29 is 24.5 Å². The fraction of sp³-hybridized carbons (Fsp3) is 0.536. The van der Waals surface area contributed by atoms with Gasteiger partial charge in [-0.15, -0.1) is 0 Å². The minimum absolute atomic E-state index is 0.0515. The number of carboxylic acid groups (broad SMARTS) is 1. The Balaban J connectivity index is 1.07. The molecule has 1 saturated carbocycles. The summed E-state index contributed by atoms with van der Waals surface area (Å²) < 4.78 is 11.7. The van der Waals surface area contributed by atoms with Crippen LogP contribution in [0.4, 0.5) is 0 Å². The van der Waals surface area contributed by atoms with Crippen molar-refractivity contribution in [2.45, 2.75) is 69.8 Å². The van der Waals surface area contributed by atoms with Gasteiger partial charge in [0.15, 0.2) is 0 Å². The summed E-state index contributed by atoms with van der Waals surface area (Å²) in [5.74, 6) is 0.119. The largest absolute Gasteiger partial charge is 0.489 e. The molecule has 6 nitrogen and oxygen atoms in total. The molecule has 4 unspecified atom stereocenters. The summed E-state index contributed by atoms with van der Waals surface area (Å²) in [5, 5.41) is 23.4. The molecule has 1 aliphatic heterocycles. The number of aliphatic carboxylic acids is 1. The van der Waals surface area contributed by atoms with E-state index >= 15 is 0 Å². The predicted octanol–water partition coefficient (Wildman–Crippen LogP) is 3.86. The van der Waals surface area contributed by atoms with Crippen molar-refractivity contribution in [1.29, 1.82) is 0 Å². The van der Waals surface area contributed by atoms with Crippen LogP contribution in [0.25, 0.3) is 0 Å². The van der Waals surface area contributed by atoms with E-state index in [1.165, 1.54) is 11.1 Å². The number of ether oxygens (including phenoxy) is 2. The van der Waals surface area contributed by atoms with E-state index in [1.54, 1.807) is 0 Å². The molecule has 34 heavy (non-hydrogen) atoms. The van der Waals surface area contributed by atoms with Gasteiger partial charge in [0.2, 0.25) is 0 Å². The molecule has 0 aromatic heterocycles. The Kier molecular flexibility index (Phi) is 6.17. The van der Waals surface area contributed by atoms with E-state index in [1.807, 2.05) is 25.1 Å². The van der Waals surface area contributed by atoms with E-state index < -0.39 is 18.0 Å². The molecule has 6 heteroatoms. The van der Waals surface area contributed by atoms with Gasteiger partial charge in [-0.1, -0.05) is 30.3 Å². The number of aliphatic hydroxyl groups excluding tert-OH is 1. The lowest BCUT2D eigenvalue weighted by atomic mass is 9.88. The summed E-state index contributed by atoms with van der Waals surface area (Å²) in [6.07, 6.45) is 2.28. The number of carboxylic acids is 1. The number of benzene rings is 2. The van der Waals surface area contributed by atoms with E-state index in [-0.39, 0.29) is 30.3 Å². The maximum atomic E-state index is 11.3. The van der Waals surface area contributed by atoms with Crippen LogP contribution in [0.1, 0.15) is 61.5 Å². The molecule has 0 bridgehead atoms. The van der Waals surface area contributed by atoms with Gasteiger partial charge in [0, 0.05) is 23.6 Å². The van der Waals surface area contributed by atoms with Crippen molar-refractivity contribution in [3.63, 3.8) is 0 Å². The summed E-state index contributed by atoms with van der Waals surface area (Å²) >= 11 is 0. The second-order valence-electron chi connectivity index (χ2n) is 10.9. The Morgan fingerprint density at radius 1 is 1.21 bits per heavy atom. The number of carbonyl (C=O) groups is 1. The molecule has 182 valence electrons. The highest BCUT2D eigenvalue weighted by atomic mass is 16.5. The quantitative estimate of drug-likeness (QED) is 0.494. The molecule has 3 N–H and O–H groups in total. The van der Waals surface area contributed by atoms with E-state index in [0.717, 1.165) is 36.1 Å². The summed E-state index contributed by atoms with van der Waals surface area (Å²) in [6.45, 7) is 7.07. The predicted molar refractivity (Wildman–Crippen MR) is 129 cm³/mol. The van der Waals surface area contributed by atoms with Crippen LogP contribution in [-0.4, -0.2) is 47.1 Å². The van der Waals surface area contributed by atoms with E-state index in [4.69, 9.17) is 9.47 Å². The first-order chi connectivity index (χ1) is 16.2. The zero-order valence-electron chi connectivity index (χ0n) is 20.2. The van der Waals surface area contributed by atoms with Crippen LogP contribution in [0, 0.1) is 11.8 Å². The minimum atomic E-state index is -0.800. The highest BCUT2D eigenvalue weighted by molar-refractivity contribution is 5.79. The molecule has 5 rings (SSSR count). The number of hydrogen-bond acceptors (Lipinski definition) is 5. The van der Waals surface area contributed by atoms with Gasteiger partial charge in [-0.3, -0.25) is 4.79 Å². The summed E-state index contributed by atoms with van der Waals surface area (Å²) in [7, 11) is 0. The molecule has 0 spiro atoms. The van der Waals surface area contributed by atoms with Crippen molar-refractivity contribution in [2.75, 3.05) is 13.2 Å². The number of fused-ring (bicyclic) bond motifs is 4. The first-order valence-electron chi connectivity index (χ1n) is 12.4. The van der Waals surface area contributed by atoms with Crippen LogP contribution in [0.5, 0.6) is 5.75 Å². The molecule has 0 saturated heterocycles. The second kappa shape index (κ2) is 8.99. The summed E-state index contributed by atoms with van der Waals surface area (Å²) in [4.78, 5) is 11.3. The molecule has 0 radical (unpaired) electrons. The van der Waals surface area contributed by atoms with Crippen LogP contribution in [0.2, 0.25) is 0 Å². The SMILES string of the molecule is CC(OC[C@H](O)CNC(C)(C)CC1Cc2ccccc2C1)c1ccc2c(c1)C1C(O2)C1C(=O)O. The Labute approximate surface area is 201 Å². The lowest BCUT2D eigenvalue weighted by Crippen LogP contribution is -2.45. The number of β-amino-alcohol motifs (C(OH)–C–C–N with tert-alkyl or cyclic N) is 1. The second-order valence-corrected chi connectivity index (χ2v) is 10.9. The minimum Gasteiger partial charge on any atom is -0.489 e. The van der Waals surface area contributed by atoms with Gasteiger partial charge in [-0.05, 0) is 74.8 Å². The maximum absolute atomic E-state index is 11.3. The Bertz CT molecular complexity index is 1040. The van der Waals surface area contributed by atoms with Crippen LogP contribution >= 0.6 is 0 Å². The van der Waals surface area contributed by atoms with Crippen LogP contribution in [0.3, 0.4) is 0 Å². The highest BCUT2D eigenvalue weighted by Gasteiger charge is 2.63. The van der Waals surface area contributed by atoms with Crippen LogP contribution < -0.4 is 10.1 Å². The van der Waals surface area contributed by atoms with E-state index in [9.17, 15) is 15.0 Å². The highest BCUT2D eigenvalue weighted by Crippen LogP contribution is 2.58. The third-order valence-electron chi connectivity index (χ3n) is 7.65. The summed E-state index contributed by atoms with van der Waals surface area (Å²) in [6, 6.07) is 14.6. The molecular weight excluding hydrogens is 430 g/mol. The van der Waals surface area contributed by atoms with Crippen LogP contribution in [0.15, 0.2) is 42.5 Å². The number of nitrogens with one attached hydrogen (secondary N) is 1. The lowest BCUT2D eigenvalue weighted by Gasteiger charge is -2.30. The van der Waals surface area contributed by atoms with E-state index in [2.05, 4.69) is 43.4 Å². The number of aliphatic hydroxyl groups is 1. The first kappa shape index (κ1) is 23.3. The average molecular weight is 466 g/mol. The molecule has 2 aromatic carbocycles. The summed E-state index contributed by atoms with van der Waals surface area (Å²) in [5.41, 5.74) is 4.81. The van der Waals surface area contributed by atoms with Gasteiger partial charge in [0.25, 0.3) is 0 Å². The van der Waals surface area contributed by atoms with Crippen molar-refractivity contribution in [3.8, 4) is 5.75 Å². The molecule has 3 aliphatic rings. The van der Waals surface area contributed by atoms with Gasteiger partial charge in [-0.25, -0.2) is 0 Å². The number of rotatable bonds is 10. The molecule has 0 amide bonds. The molecule has 2 aromatic rings.